The average molecular weight is 516 g/mol. The Morgan fingerprint density at radius 3 is 2.45 bits per heavy atom. The Labute approximate surface area is 227 Å². The van der Waals surface area contributed by atoms with Gasteiger partial charge in [0, 0.05) is 18.7 Å². The molecule has 0 aliphatic carbocycles. The van der Waals surface area contributed by atoms with Crippen LogP contribution in [0.25, 0.3) is 11.4 Å². The molecule has 202 valence electrons. The molecule has 1 atom stereocenters. The van der Waals surface area contributed by atoms with Crippen LogP contribution in [-0.2, 0) is 24.2 Å². The second kappa shape index (κ2) is 12.0. The van der Waals surface area contributed by atoms with Crippen molar-refractivity contribution in [3.63, 3.8) is 0 Å². The van der Waals surface area contributed by atoms with Crippen molar-refractivity contribution in [2.45, 2.75) is 79.8 Å². The molecule has 1 unspecified atom stereocenters. The average Bonchev–Trinajstić information content (AvgIpc) is 2.92. The van der Waals surface area contributed by atoms with Gasteiger partial charge in [-0.05, 0) is 73.8 Å². The summed E-state index contributed by atoms with van der Waals surface area (Å²) in [7, 11) is 0. The molecule has 6 heteroatoms. The van der Waals surface area contributed by atoms with E-state index in [-0.39, 0.29) is 0 Å². The van der Waals surface area contributed by atoms with Gasteiger partial charge in [-0.3, -0.25) is 4.79 Å². The van der Waals surface area contributed by atoms with Crippen LogP contribution in [0.3, 0.4) is 0 Å². The Kier molecular flexibility index (Phi) is 8.70. The van der Waals surface area contributed by atoms with Gasteiger partial charge in [-0.25, -0.2) is 9.97 Å². The third kappa shape index (κ3) is 5.85. The predicted octanol–water partition coefficient (Wildman–Crippen LogP) is 6.89. The molecule has 2 heterocycles. The minimum absolute atomic E-state index is 0.328. The Balaban J connectivity index is 1.80. The predicted molar refractivity (Wildman–Crippen MR) is 153 cm³/mol. The molecule has 0 bridgehead atoms. The summed E-state index contributed by atoms with van der Waals surface area (Å²) >= 11 is 0. The summed E-state index contributed by atoms with van der Waals surface area (Å²) in [4.78, 5) is 24.2. The zero-order valence-corrected chi connectivity index (χ0v) is 23.7. The van der Waals surface area contributed by atoms with Crippen LogP contribution < -0.4 is 9.64 Å². The lowest BCUT2D eigenvalue weighted by Crippen LogP contribution is -2.40. The molecule has 0 amide bonds. The van der Waals surface area contributed by atoms with Crippen LogP contribution in [-0.4, -0.2) is 34.1 Å². The fourth-order valence-corrected chi connectivity index (χ4v) is 5.31. The summed E-state index contributed by atoms with van der Waals surface area (Å²) in [6, 6.07) is 12.8. The van der Waals surface area contributed by atoms with E-state index in [9.17, 15) is 9.90 Å². The highest BCUT2D eigenvalue weighted by Crippen LogP contribution is 2.33. The maximum atomic E-state index is 11.9. The van der Waals surface area contributed by atoms with E-state index in [2.05, 4.69) is 75.9 Å². The van der Waals surface area contributed by atoms with Crippen LogP contribution in [0, 0.1) is 19.8 Å². The van der Waals surface area contributed by atoms with Crippen LogP contribution in [0.1, 0.15) is 80.0 Å². The molecule has 1 fully saturated rings. The second-order valence-corrected chi connectivity index (χ2v) is 10.7. The number of hydrogen-bond donors (Lipinski definition) is 1. The highest BCUT2D eigenvalue weighted by atomic mass is 16.5. The number of carbonyl (C=O) groups is 1. The van der Waals surface area contributed by atoms with Gasteiger partial charge < -0.3 is 14.7 Å². The molecule has 6 nitrogen and oxygen atoms in total. The minimum atomic E-state index is -0.746. The Morgan fingerprint density at radius 2 is 1.82 bits per heavy atom. The zero-order valence-electron chi connectivity index (χ0n) is 23.7. The monoisotopic (exact) mass is 515 g/mol. The maximum absolute atomic E-state index is 11.9. The number of carboxylic acid groups (broad SMARTS) is 1. The number of aliphatic carboxylic acids is 1. The number of ether oxygens (including phenoxy) is 1. The normalized spacial score (nSPS) is 15.7. The van der Waals surface area contributed by atoms with E-state index in [1.807, 2.05) is 6.92 Å². The van der Waals surface area contributed by atoms with Gasteiger partial charge in [0.2, 0.25) is 0 Å². The summed E-state index contributed by atoms with van der Waals surface area (Å²) < 4.78 is 6.41. The number of anilines is 1. The molecule has 0 spiro atoms. The first-order valence-electron chi connectivity index (χ1n) is 13.9. The van der Waals surface area contributed by atoms with Crippen molar-refractivity contribution < 1.29 is 14.6 Å². The first-order chi connectivity index (χ1) is 18.2. The number of benzene rings is 2. The van der Waals surface area contributed by atoms with Gasteiger partial charge in [-0.2, -0.15) is 0 Å². The number of aryl methyl sites for hydroxylation is 4. The number of aromatic nitrogens is 2. The molecule has 3 aromatic rings. The van der Waals surface area contributed by atoms with E-state index in [4.69, 9.17) is 14.7 Å². The van der Waals surface area contributed by atoms with Gasteiger partial charge in [0.15, 0.2) is 5.82 Å². The Bertz CT molecular complexity index is 1280. The van der Waals surface area contributed by atoms with Gasteiger partial charge >= 0.3 is 5.97 Å². The van der Waals surface area contributed by atoms with Gasteiger partial charge in [0.25, 0.3) is 0 Å². The van der Waals surface area contributed by atoms with Gasteiger partial charge in [-0.15, -0.1) is 0 Å². The van der Waals surface area contributed by atoms with E-state index in [0.29, 0.717) is 31.3 Å². The number of rotatable bonds is 9. The zero-order chi connectivity index (χ0) is 27.4. The van der Waals surface area contributed by atoms with E-state index >= 15 is 0 Å². The third-order valence-corrected chi connectivity index (χ3v) is 7.74. The molecule has 1 saturated heterocycles. The molecule has 1 aliphatic rings. The SMILES string of the molecule is CCc1cccc(CC)c1-c1nc(C)c(COc2cc(C(C)C)ccc2C)c(N2CCCC(C(=O)O)C2)n1. The highest BCUT2D eigenvalue weighted by Gasteiger charge is 2.29. The van der Waals surface area contributed by atoms with Crippen LogP contribution in [0.2, 0.25) is 0 Å². The first-order valence-corrected chi connectivity index (χ1v) is 13.9. The Morgan fingerprint density at radius 1 is 1.11 bits per heavy atom. The Hall–Kier alpha value is -3.41. The quantitative estimate of drug-likeness (QED) is 0.334. The lowest BCUT2D eigenvalue weighted by molar-refractivity contribution is -0.141. The van der Waals surface area contributed by atoms with Crippen molar-refractivity contribution in [1.82, 2.24) is 9.97 Å². The minimum Gasteiger partial charge on any atom is -0.488 e. The summed E-state index contributed by atoms with van der Waals surface area (Å²) in [6.45, 7) is 14.3. The van der Waals surface area contributed by atoms with Crippen LogP contribution >= 0.6 is 0 Å². The molecule has 4 rings (SSSR count). The van der Waals surface area contributed by atoms with Crippen molar-refractivity contribution in [2.75, 3.05) is 18.0 Å². The standard InChI is InChI=1S/C32H41N3O3/c1-7-23-11-9-12-24(8-2)29(23)30-33-22(6)27(19-38-28-17-25(20(3)4)15-14-21(28)5)31(34-30)35-16-10-13-26(18-35)32(36)37/h9,11-12,14-15,17,20,26H,7-8,10,13,16,18-19H2,1-6H3,(H,36,37). The molecular formula is C32H41N3O3. The molecule has 38 heavy (non-hydrogen) atoms. The lowest BCUT2D eigenvalue weighted by Gasteiger charge is -2.33. The van der Waals surface area contributed by atoms with Crippen LogP contribution in [0.15, 0.2) is 36.4 Å². The summed E-state index contributed by atoms with van der Waals surface area (Å²) in [5.74, 6) is 1.62. The molecule has 1 aromatic heterocycles. The van der Waals surface area contributed by atoms with E-state index in [1.54, 1.807) is 0 Å². The van der Waals surface area contributed by atoms with Crippen molar-refractivity contribution in [3.8, 4) is 17.1 Å². The summed E-state index contributed by atoms with van der Waals surface area (Å²) in [5, 5.41) is 9.77. The van der Waals surface area contributed by atoms with Crippen molar-refractivity contribution in [3.05, 3.63) is 69.9 Å². The summed E-state index contributed by atoms with van der Waals surface area (Å²) in [5.41, 5.74) is 7.65. The van der Waals surface area contributed by atoms with Gasteiger partial charge in [0.05, 0.1) is 17.2 Å². The van der Waals surface area contributed by atoms with E-state index in [0.717, 1.165) is 59.8 Å². The van der Waals surface area contributed by atoms with Gasteiger partial charge in [-0.1, -0.05) is 58.0 Å². The number of nitrogens with zero attached hydrogens (tertiary/aromatic N) is 3. The number of piperidine rings is 1. The number of carboxylic acids is 1. The smallest absolute Gasteiger partial charge is 0.308 e. The van der Waals surface area contributed by atoms with Crippen molar-refractivity contribution in [2.24, 2.45) is 5.92 Å². The molecular weight excluding hydrogens is 474 g/mol. The molecule has 1 aliphatic heterocycles. The highest BCUT2D eigenvalue weighted by molar-refractivity contribution is 5.72. The molecule has 0 radical (unpaired) electrons. The molecule has 1 N–H and O–H groups in total. The molecule has 2 aromatic carbocycles. The first kappa shape index (κ1) is 27.6. The third-order valence-electron chi connectivity index (χ3n) is 7.74. The van der Waals surface area contributed by atoms with Crippen molar-refractivity contribution >= 4 is 11.8 Å². The lowest BCUT2D eigenvalue weighted by atomic mass is 9.96. The fourth-order valence-electron chi connectivity index (χ4n) is 5.31. The van der Waals surface area contributed by atoms with E-state index in [1.165, 1.54) is 16.7 Å². The maximum Gasteiger partial charge on any atom is 0.308 e. The fraction of sp³-hybridized carbons (Fsp3) is 0.469. The second-order valence-electron chi connectivity index (χ2n) is 10.7. The van der Waals surface area contributed by atoms with Gasteiger partial charge in [0.1, 0.15) is 18.2 Å². The van der Waals surface area contributed by atoms with Crippen molar-refractivity contribution in [1.29, 1.82) is 0 Å². The van der Waals surface area contributed by atoms with Crippen LogP contribution in [0.5, 0.6) is 5.75 Å². The largest absolute Gasteiger partial charge is 0.488 e. The summed E-state index contributed by atoms with van der Waals surface area (Å²) in [6.07, 6.45) is 3.29. The van der Waals surface area contributed by atoms with E-state index < -0.39 is 11.9 Å². The topological polar surface area (TPSA) is 75.5 Å². The molecule has 0 saturated carbocycles. The number of hydrogen-bond acceptors (Lipinski definition) is 5. The van der Waals surface area contributed by atoms with Crippen LogP contribution in [0.4, 0.5) is 5.82 Å².